The summed E-state index contributed by atoms with van der Waals surface area (Å²) in [6, 6.07) is 4.26. The number of rotatable bonds is 4. The Morgan fingerprint density at radius 3 is 2.23 bits per heavy atom. The van der Waals surface area contributed by atoms with Gasteiger partial charge in [-0.15, -0.1) is 0 Å². The van der Waals surface area contributed by atoms with E-state index in [2.05, 4.69) is 37.8 Å². The highest BCUT2D eigenvalue weighted by molar-refractivity contribution is 5.85. The zero-order chi connectivity index (χ0) is 18.9. The fourth-order valence-electron chi connectivity index (χ4n) is 4.29. The Labute approximate surface area is 155 Å². The van der Waals surface area contributed by atoms with Gasteiger partial charge in [0.05, 0.1) is 13.0 Å². The Bertz CT molecular complexity index is 679. The Morgan fingerprint density at radius 1 is 1.12 bits per heavy atom. The smallest absolute Gasteiger partial charge is 0.240 e. The minimum atomic E-state index is -0.695. The number of carbonyl (C=O) groups excluding carboxylic acids is 2. The molecule has 0 aromatic heterocycles. The van der Waals surface area contributed by atoms with E-state index >= 15 is 0 Å². The molecule has 2 heterocycles. The molecule has 1 aromatic carbocycles. The third kappa shape index (κ3) is 3.48. The molecule has 0 radical (unpaired) electrons. The van der Waals surface area contributed by atoms with Crippen LogP contribution >= 0.6 is 0 Å². The minimum Gasteiger partial charge on any atom is -0.379 e. The van der Waals surface area contributed by atoms with Crippen LogP contribution in [-0.2, 0) is 20.7 Å². The molecular formula is C20H29N3O3. The number of hydrogen-bond acceptors (Lipinski definition) is 4. The normalized spacial score (nSPS) is 24.0. The van der Waals surface area contributed by atoms with Crippen LogP contribution in [0.5, 0.6) is 0 Å². The lowest BCUT2D eigenvalue weighted by molar-refractivity contribution is -0.137. The number of primary amides is 1. The third-order valence-corrected chi connectivity index (χ3v) is 5.87. The van der Waals surface area contributed by atoms with Crippen molar-refractivity contribution < 1.29 is 14.3 Å². The van der Waals surface area contributed by atoms with Gasteiger partial charge in [-0.2, -0.15) is 0 Å². The van der Waals surface area contributed by atoms with E-state index in [9.17, 15) is 9.59 Å². The van der Waals surface area contributed by atoms with E-state index in [4.69, 9.17) is 10.5 Å². The first-order valence-electron chi connectivity index (χ1n) is 9.31. The summed E-state index contributed by atoms with van der Waals surface area (Å²) in [5, 5.41) is 0. The summed E-state index contributed by atoms with van der Waals surface area (Å²) >= 11 is 0. The quantitative estimate of drug-likeness (QED) is 0.868. The average molecular weight is 359 g/mol. The summed E-state index contributed by atoms with van der Waals surface area (Å²) in [4.78, 5) is 28.8. The maximum atomic E-state index is 12.8. The van der Waals surface area contributed by atoms with Crippen molar-refractivity contribution in [2.45, 2.75) is 39.2 Å². The maximum absolute atomic E-state index is 12.8. The molecule has 3 rings (SSSR count). The van der Waals surface area contributed by atoms with Gasteiger partial charge in [0, 0.05) is 39.2 Å². The van der Waals surface area contributed by atoms with E-state index < -0.39 is 5.54 Å². The monoisotopic (exact) mass is 359 g/mol. The van der Waals surface area contributed by atoms with Gasteiger partial charge in [-0.3, -0.25) is 14.5 Å². The van der Waals surface area contributed by atoms with Crippen LogP contribution in [0.4, 0.5) is 0 Å². The molecule has 0 saturated carbocycles. The van der Waals surface area contributed by atoms with Crippen molar-refractivity contribution in [2.24, 2.45) is 5.73 Å². The molecular weight excluding hydrogens is 330 g/mol. The number of nitrogens with two attached hydrogens (primary N) is 1. The van der Waals surface area contributed by atoms with Gasteiger partial charge < -0.3 is 15.4 Å². The highest BCUT2D eigenvalue weighted by Gasteiger charge is 2.47. The Hall–Kier alpha value is -1.92. The molecule has 1 atom stereocenters. The van der Waals surface area contributed by atoms with Crippen molar-refractivity contribution in [3.05, 3.63) is 34.4 Å². The summed E-state index contributed by atoms with van der Waals surface area (Å²) in [6.07, 6.45) is 1.07. The first kappa shape index (κ1) is 18.9. The molecule has 6 nitrogen and oxygen atoms in total. The van der Waals surface area contributed by atoms with Gasteiger partial charge in [0.1, 0.15) is 5.54 Å². The highest BCUT2D eigenvalue weighted by Crippen LogP contribution is 2.27. The summed E-state index contributed by atoms with van der Waals surface area (Å²) in [7, 11) is 0. The van der Waals surface area contributed by atoms with Crippen LogP contribution in [0.3, 0.4) is 0 Å². The first-order chi connectivity index (χ1) is 12.3. The second kappa shape index (κ2) is 7.37. The standard InChI is InChI=1S/C20H29N3O3/c1-14-10-15(2)17(16(3)11-14)12-18(24)22-5-7-23(8-6-22)20(19(21)25)4-9-26-13-20/h10-11H,4-9,12-13H2,1-3H3,(H2,21,25). The van der Waals surface area contributed by atoms with E-state index in [1.807, 2.05) is 4.90 Å². The summed E-state index contributed by atoms with van der Waals surface area (Å²) in [5.74, 6) is -0.170. The summed E-state index contributed by atoms with van der Waals surface area (Å²) in [6.45, 7) is 9.69. The lowest BCUT2D eigenvalue weighted by Gasteiger charge is -2.43. The van der Waals surface area contributed by atoms with Crippen LogP contribution in [0.2, 0.25) is 0 Å². The average Bonchev–Trinajstić information content (AvgIpc) is 3.09. The SMILES string of the molecule is Cc1cc(C)c(CC(=O)N2CCN(C3(C(N)=O)CCOC3)CC2)c(C)c1. The van der Waals surface area contributed by atoms with Crippen molar-refractivity contribution in [2.75, 3.05) is 39.4 Å². The van der Waals surface area contributed by atoms with E-state index in [0.717, 1.165) is 5.56 Å². The van der Waals surface area contributed by atoms with E-state index in [1.165, 1.54) is 16.7 Å². The van der Waals surface area contributed by atoms with Crippen molar-refractivity contribution in [3.63, 3.8) is 0 Å². The number of hydrogen-bond donors (Lipinski definition) is 1. The van der Waals surface area contributed by atoms with E-state index in [0.29, 0.717) is 52.2 Å². The molecule has 2 fully saturated rings. The molecule has 26 heavy (non-hydrogen) atoms. The summed E-state index contributed by atoms with van der Waals surface area (Å²) < 4.78 is 5.44. The van der Waals surface area contributed by atoms with Crippen LogP contribution in [0, 0.1) is 20.8 Å². The number of amides is 2. The van der Waals surface area contributed by atoms with Crippen molar-refractivity contribution in [1.82, 2.24) is 9.80 Å². The molecule has 2 saturated heterocycles. The Morgan fingerprint density at radius 2 is 1.73 bits per heavy atom. The minimum absolute atomic E-state index is 0.149. The zero-order valence-corrected chi connectivity index (χ0v) is 16.0. The van der Waals surface area contributed by atoms with E-state index in [-0.39, 0.29) is 11.8 Å². The fraction of sp³-hybridized carbons (Fsp3) is 0.600. The van der Waals surface area contributed by atoms with Crippen LogP contribution in [0.25, 0.3) is 0 Å². The lowest BCUT2D eigenvalue weighted by atomic mass is 9.94. The molecule has 2 aliphatic rings. The number of nitrogens with zero attached hydrogens (tertiary/aromatic N) is 2. The number of piperazine rings is 1. The van der Waals surface area contributed by atoms with Crippen LogP contribution < -0.4 is 5.73 Å². The van der Waals surface area contributed by atoms with Crippen LogP contribution in [-0.4, -0.2) is 66.5 Å². The molecule has 0 aliphatic carbocycles. The summed E-state index contributed by atoms with van der Waals surface area (Å²) in [5.41, 5.74) is 9.66. The number of carbonyl (C=O) groups is 2. The highest BCUT2D eigenvalue weighted by atomic mass is 16.5. The Balaban J connectivity index is 1.63. The zero-order valence-electron chi connectivity index (χ0n) is 16.0. The van der Waals surface area contributed by atoms with Gasteiger partial charge in [-0.05, 0) is 37.5 Å². The fourth-order valence-corrected chi connectivity index (χ4v) is 4.29. The first-order valence-corrected chi connectivity index (χ1v) is 9.31. The number of aryl methyl sites for hydroxylation is 3. The predicted molar refractivity (Wildman–Crippen MR) is 99.9 cm³/mol. The molecule has 0 bridgehead atoms. The van der Waals surface area contributed by atoms with Crippen molar-refractivity contribution in [1.29, 1.82) is 0 Å². The van der Waals surface area contributed by atoms with Crippen LogP contribution in [0.15, 0.2) is 12.1 Å². The molecule has 1 aromatic rings. The molecule has 2 aliphatic heterocycles. The largest absolute Gasteiger partial charge is 0.379 e. The number of benzene rings is 1. The molecule has 1 unspecified atom stereocenters. The molecule has 2 amide bonds. The van der Waals surface area contributed by atoms with Gasteiger partial charge in [0.15, 0.2) is 0 Å². The van der Waals surface area contributed by atoms with Crippen molar-refractivity contribution in [3.8, 4) is 0 Å². The van der Waals surface area contributed by atoms with Crippen molar-refractivity contribution >= 4 is 11.8 Å². The van der Waals surface area contributed by atoms with Gasteiger partial charge in [-0.25, -0.2) is 0 Å². The molecule has 2 N–H and O–H groups in total. The number of ether oxygens (including phenoxy) is 1. The molecule has 142 valence electrons. The van der Waals surface area contributed by atoms with Gasteiger partial charge in [-0.1, -0.05) is 17.7 Å². The second-order valence-corrected chi connectivity index (χ2v) is 7.62. The third-order valence-electron chi connectivity index (χ3n) is 5.87. The molecule has 6 heteroatoms. The topological polar surface area (TPSA) is 75.9 Å². The van der Waals surface area contributed by atoms with Gasteiger partial charge >= 0.3 is 0 Å². The lowest BCUT2D eigenvalue weighted by Crippen LogP contribution is -2.63. The predicted octanol–water partition coefficient (Wildman–Crippen LogP) is 0.943. The van der Waals surface area contributed by atoms with Gasteiger partial charge in [0.25, 0.3) is 0 Å². The maximum Gasteiger partial charge on any atom is 0.240 e. The molecule has 0 spiro atoms. The van der Waals surface area contributed by atoms with Gasteiger partial charge in [0.2, 0.25) is 11.8 Å². The van der Waals surface area contributed by atoms with E-state index in [1.54, 1.807) is 0 Å². The van der Waals surface area contributed by atoms with Crippen LogP contribution in [0.1, 0.15) is 28.7 Å². The Kier molecular flexibility index (Phi) is 5.34. The second-order valence-electron chi connectivity index (χ2n) is 7.62.